The average molecular weight is 281 g/mol. The molecule has 0 aliphatic heterocycles. The van der Waals surface area contributed by atoms with E-state index >= 15 is 0 Å². The average Bonchev–Trinajstić information content (AvgIpc) is 2.44. The molecule has 0 bridgehead atoms. The van der Waals surface area contributed by atoms with Crippen LogP contribution in [0.15, 0.2) is 34.2 Å². The first-order valence-corrected chi connectivity index (χ1v) is 7.51. The van der Waals surface area contributed by atoms with Gasteiger partial charge in [-0.15, -0.1) is 11.8 Å². The topological polar surface area (TPSA) is 45.7 Å². The normalized spacial score (nSPS) is 13.2. The summed E-state index contributed by atoms with van der Waals surface area (Å²) in [5.41, 5.74) is 1.24. The summed E-state index contributed by atoms with van der Waals surface area (Å²) in [5.74, 6) is 0.790. The summed E-state index contributed by atoms with van der Waals surface area (Å²) in [6.45, 7) is 3.47. The Balaban J connectivity index is 2.44. The maximum atomic E-state index is 5.09. The van der Waals surface area contributed by atoms with Crippen molar-refractivity contribution in [2.24, 2.45) is 4.99 Å². The Morgan fingerprint density at radius 1 is 1.37 bits per heavy atom. The summed E-state index contributed by atoms with van der Waals surface area (Å²) in [7, 11) is 3.47. The van der Waals surface area contributed by atoms with E-state index in [9.17, 15) is 0 Å². The number of nitrogens with one attached hydrogen (secondary N) is 2. The molecule has 1 atom stereocenters. The predicted octanol–water partition coefficient (Wildman–Crippen LogP) is 2.11. The second-order valence-corrected chi connectivity index (χ2v) is 5.15. The molecule has 0 radical (unpaired) electrons. The Labute approximate surface area is 120 Å². The number of hydrogen-bond acceptors (Lipinski definition) is 3. The van der Waals surface area contributed by atoms with Crippen molar-refractivity contribution < 1.29 is 4.74 Å². The number of aliphatic imine (C=N–C) groups is 1. The van der Waals surface area contributed by atoms with Crippen molar-refractivity contribution in [2.45, 2.75) is 24.4 Å². The van der Waals surface area contributed by atoms with Crippen LogP contribution in [0, 0.1) is 0 Å². The maximum Gasteiger partial charge on any atom is 0.191 e. The molecule has 0 heterocycles. The SMILES string of the molecule is CN=C(NCc1ccc(SC)cc1)NC(C)COC. The van der Waals surface area contributed by atoms with Gasteiger partial charge in [0.1, 0.15) is 0 Å². The molecule has 0 fully saturated rings. The van der Waals surface area contributed by atoms with Crippen molar-refractivity contribution in [3.05, 3.63) is 29.8 Å². The summed E-state index contributed by atoms with van der Waals surface area (Å²) in [6.07, 6.45) is 2.08. The molecule has 19 heavy (non-hydrogen) atoms. The van der Waals surface area contributed by atoms with Crippen LogP contribution in [0.1, 0.15) is 12.5 Å². The standard InChI is InChI=1S/C14H23N3OS/c1-11(10-18-3)17-14(15-2)16-9-12-5-7-13(19-4)8-6-12/h5-8,11H,9-10H2,1-4H3,(H2,15,16,17). The van der Waals surface area contributed by atoms with E-state index in [1.807, 2.05) is 0 Å². The van der Waals surface area contributed by atoms with E-state index in [4.69, 9.17) is 4.74 Å². The number of guanidine groups is 1. The third-order valence-electron chi connectivity index (χ3n) is 2.64. The van der Waals surface area contributed by atoms with Gasteiger partial charge in [0, 0.05) is 31.6 Å². The van der Waals surface area contributed by atoms with Crippen molar-refractivity contribution in [3.8, 4) is 0 Å². The van der Waals surface area contributed by atoms with Gasteiger partial charge in [0.15, 0.2) is 5.96 Å². The molecule has 0 aliphatic carbocycles. The fourth-order valence-corrected chi connectivity index (χ4v) is 2.06. The molecule has 4 nitrogen and oxygen atoms in total. The lowest BCUT2D eigenvalue weighted by atomic mass is 10.2. The largest absolute Gasteiger partial charge is 0.383 e. The van der Waals surface area contributed by atoms with Crippen LogP contribution in [0.2, 0.25) is 0 Å². The third-order valence-corrected chi connectivity index (χ3v) is 3.39. The Morgan fingerprint density at radius 3 is 2.58 bits per heavy atom. The zero-order valence-electron chi connectivity index (χ0n) is 12.1. The number of nitrogens with zero attached hydrogens (tertiary/aromatic N) is 1. The molecule has 0 saturated heterocycles. The monoisotopic (exact) mass is 281 g/mol. The molecule has 5 heteroatoms. The van der Waals surface area contributed by atoms with E-state index in [-0.39, 0.29) is 6.04 Å². The van der Waals surface area contributed by atoms with Gasteiger partial charge in [-0.1, -0.05) is 12.1 Å². The van der Waals surface area contributed by atoms with Gasteiger partial charge in [0.25, 0.3) is 0 Å². The molecule has 0 aromatic heterocycles. The number of hydrogen-bond donors (Lipinski definition) is 2. The molecule has 0 spiro atoms. The molecule has 0 amide bonds. The second kappa shape index (κ2) is 8.82. The highest BCUT2D eigenvalue weighted by atomic mass is 32.2. The fraction of sp³-hybridized carbons (Fsp3) is 0.500. The van der Waals surface area contributed by atoms with E-state index in [0.29, 0.717) is 6.61 Å². The molecule has 1 rings (SSSR count). The molecule has 1 unspecified atom stereocenters. The van der Waals surface area contributed by atoms with Crippen molar-refractivity contribution in [1.29, 1.82) is 0 Å². The third kappa shape index (κ3) is 5.98. The van der Waals surface area contributed by atoms with Crippen molar-refractivity contribution in [2.75, 3.05) is 27.0 Å². The molecule has 1 aromatic carbocycles. The molecular formula is C14H23N3OS. The summed E-state index contributed by atoms with van der Waals surface area (Å²) in [4.78, 5) is 5.47. The zero-order valence-corrected chi connectivity index (χ0v) is 12.9. The number of thioether (sulfide) groups is 1. The minimum atomic E-state index is 0.232. The Bertz CT molecular complexity index is 392. The summed E-state index contributed by atoms with van der Waals surface area (Å²) >= 11 is 1.75. The van der Waals surface area contributed by atoms with Gasteiger partial charge in [-0.3, -0.25) is 4.99 Å². The summed E-state index contributed by atoms with van der Waals surface area (Å²) in [6, 6.07) is 8.75. The smallest absolute Gasteiger partial charge is 0.191 e. The predicted molar refractivity (Wildman–Crippen MR) is 82.9 cm³/mol. The lowest BCUT2D eigenvalue weighted by Gasteiger charge is -2.17. The first-order chi connectivity index (χ1) is 9.19. The molecule has 2 N–H and O–H groups in total. The van der Waals surface area contributed by atoms with E-state index in [2.05, 4.69) is 53.1 Å². The van der Waals surface area contributed by atoms with Crippen molar-refractivity contribution in [3.63, 3.8) is 0 Å². The lowest BCUT2D eigenvalue weighted by molar-refractivity contribution is 0.179. The highest BCUT2D eigenvalue weighted by molar-refractivity contribution is 7.98. The van der Waals surface area contributed by atoms with Crippen LogP contribution in [0.3, 0.4) is 0 Å². The molecular weight excluding hydrogens is 258 g/mol. The van der Waals surface area contributed by atoms with E-state index in [0.717, 1.165) is 12.5 Å². The van der Waals surface area contributed by atoms with Crippen molar-refractivity contribution in [1.82, 2.24) is 10.6 Å². The maximum absolute atomic E-state index is 5.09. The van der Waals surface area contributed by atoms with E-state index in [1.54, 1.807) is 25.9 Å². The Kier molecular flexibility index (Phi) is 7.36. The van der Waals surface area contributed by atoms with Gasteiger partial charge in [-0.25, -0.2) is 0 Å². The lowest BCUT2D eigenvalue weighted by Crippen LogP contribution is -2.43. The number of ether oxygens (including phenoxy) is 1. The van der Waals surface area contributed by atoms with Crippen LogP contribution in [0.4, 0.5) is 0 Å². The summed E-state index contributed by atoms with van der Waals surface area (Å²) in [5, 5.41) is 6.56. The van der Waals surface area contributed by atoms with Crippen LogP contribution in [-0.2, 0) is 11.3 Å². The molecule has 106 valence electrons. The number of rotatable bonds is 6. The van der Waals surface area contributed by atoms with Crippen molar-refractivity contribution >= 4 is 17.7 Å². The van der Waals surface area contributed by atoms with E-state index < -0.39 is 0 Å². The first kappa shape index (κ1) is 15.9. The fourth-order valence-electron chi connectivity index (χ4n) is 1.65. The number of benzene rings is 1. The second-order valence-electron chi connectivity index (χ2n) is 4.27. The van der Waals surface area contributed by atoms with Crippen LogP contribution < -0.4 is 10.6 Å². The highest BCUT2D eigenvalue weighted by Gasteiger charge is 2.04. The van der Waals surface area contributed by atoms with Gasteiger partial charge >= 0.3 is 0 Å². The van der Waals surface area contributed by atoms with Crippen LogP contribution in [0.25, 0.3) is 0 Å². The minimum Gasteiger partial charge on any atom is -0.383 e. The van der Waals surface area contributed by atoms with Gasteiger partial charge in [-0.2, -0.15) is 0 Å². The Hall–Kier alpha value is -1.20. The van der Waals surface area contributed by atoms with Crippen LogP contribution in [0.5, 0.6) is 0 Å². The zero-order chi connectivity index (χ0) is 14.1. The highest BCUT2D eigenvalue weighted by Crippen LogP contribution is 2.14. The molecule has 0 saturated carbocycles. The minimum absolute atomic E-state index is 0.232. The number of methoxy groups -OCH3 is 1. The Morgan fingerprint density at radius 2 is 2.05 bits per heavy atom. The van der Waals surface area contributed by atoms with Crippen LogP contribution in [-0.4, -0.2) is 39.0 Å². The summed E-state index contributed by atoms with van der Waals surface area (Å²) < 4.78 is 5.09. The first-order valence-electron chi connectivity index (χ1n) is 6.28. The van der Waals surface area contributed by atoms with Gasteiger partial charge < -0.3 is 15.4 Å². The van der Waals surface area contributed by atoms with Gasteiger partial charge in [-0.05, 0) is 30.9 Å². The molecule has 1 aromatic rings. The van der Waals surface area contributed by atoms with Gasteiger partial charge in [0.2, 0.25) is 0 Å². The van der Waals surface area contributed by atoms with Gasteiger partial charge in [0.05, 0.1) is 6.61 Å². The molecule has 0 aliphatic rings. The van der Waals surface area contributed by atoms with E-state index in [1.165, 1.54) is 10.5 Å². The quantitative estimate of drug-likeness (QED) is 0.476. The van der Waals surface area contributed by atoms with Crippen LogP contribution >= 0.6 is 11.8 Å².